The van der Waals surface area contributed by atoms with Crippen LogP contribution in [0, 0.1) is 0 Å². The van der Waals surface area contributed by atoms with Crippen LogP contribution in [0.15, 0.2) is 188 Å². The first-order chi connectivity index (χ1) is 28.3. The Morgan fingerprint density at radius 2 is 0.842 bits per heavy atom. The maximum absolute atomic E-state index is 5.48. The number of hydrogen-bond acceptors (Lipinski definition) is 5. The molecule has 0 radical (unpaired) electrons. The SMILES string of the molecule is c1ccc(C2(c3ccccc3)c3ccccc3-c3cccc(-c4nc(-n5c6ccccc6c6cccnc65)nc(-n5c6ccccc6c6cccnc65)n4)c32)cc1. The van der Waals surface area contributed by atoms with Crippen molar-refractivity contribution in [3.63, 3.8) is 0 Å². The van der Waals surface area contributed by atoms with Crippen molar-refractivity contribution in [2.45, 2.75) is 5.41 Å². The van der Waals surface area contributed by atoms with Crippen LogP contribution in [0.5, 0.6) is 0 Å². The zero-order chi connectivity index (χ0) is 37.5. The molecule has 7 nitrogen and oxygen atoms in total. The predicted octanol–water partition coefficient (Wildman–Crippen LogP) is 10.9. The number of para-hydroxylation sites is 2. The van der Waals surface area contributed by atoms with E-state index in [4.69, 9.17) is 24.9 Å². The van der Waals surface area contributed by atoms with E-state index < -0.39 is 5.41 Å². The Bertz CT molecular complexity index is 3090. The van der Waals surface area contributed by atoms with Crippen LogP contribution < -0.4 is 0 Å². The fourth-order valence-corrected chi connectivity index (χ4v) is 9.36. The van der Waals surface area contributed by atoms with Gasteiger partial charge in [-0.25, -0.2) is 9.97 Å². The molecule has 1 aliphatic rings. The molecule has 0 atom stereocenters. The van der Waals surface area contributed by atoms with Crippen LogP contribution in [0.1, 0.15) is 22.3 Å². The van der Waals surface area contributed by atoms with Crippen LogP contribution in [-0.2, 0) is 5.41 Å². The largest absolute Gasteiger partial charge is 0.262 e. The molecule has 5 heterocycles. The number of hydrogen-bond donors (Lipinski definition) is 0. The minimum absolute atomic E-state index is 0.472. The molecule has 0 fully saturated rings. The Kier molecular flexibility index (Phi) is 6.71. The summed E-state index contributed by atoms with van der Waals surface area (Å²) in [4.78, 5) is 26.1. The second kappa shape index (κ2) is 12.1. The standard InChI is InChI=1S/C50H31N7/c1-3-16-32(17-4-1)50(33-18-5-2-6-19-33)41-27-10-7-20-34(41)37-23-13-24-40(44(37)50)45-53-48(56-42-28-11-8-21-35(42)38-25-14-30-51-46(38)56)55-49(54-45)57-43-29-12-9-22-36(43)39-26-15-31-52-47(39)57/h1-31H. The molecule has 0 amide bonds. The predicted molar refractivity (Wildman–Crippen MR) is 227 cm³/mol. The second-order valence-electron chi connectivity index (χ2n) is 14.5. The summed E-state index contributed by atoms with van der Waals surface area (Å²) < 4.78 is 4.14. The van der Waals surface area contributed by atoms with Crippen molar-refractivity contribution >= 4 is 43.9 Å². The number of nitrogens with zero attached hydrogens (tertiary/aromatic N) is 7. The maximum Gasteiger partial charge on any atom is 0.241 e. The van der Waals surface area contributed by atoms with Gasteiger partial charge in [0, 0.05) is 39.5 Å². The molecule has 6 aromatic carbocycles. The van der Waals surface area contributed by atoms with Crippen molar-refractivity contribution in [3.8, 4) is 34.4 Å². The lowest BCUT2D eigenvalue weighted by molar-refractivity contribution is 0.768. The molecule has 11 aromatic rings. The zero-order valence-corrected chi connectivity index (χ0v) is 30.5. The number of fused-ring (bicyclic) bond motifs is 9. The molecule has 0 N–H and O–H groups in total. The fourth-order valence-electron chi connectivity index (χ4n) is 9.36. The van der Waals surface area contributed by atoms with E-state index in [0.717, 1.165) is 60.6 Å². The topological polar surface area (TPSA) is 74.3 Å². The van der Waals surface area contributed by atoms with E-state index in [2.05, 4.69) is 161 Å². The molecule has 0 bridgehead atoms. The second-order valence-corrected chi connectivity index (χ2v) is 14.5. The first-order valence-corrected chi connectivity index (χ1v) is 19.1. The minimum atomic E-state index is -0.666. The van der Waals surface area contributed by atoms with E-state index in [-0.39, 0.29) is 0 Å². The van der Waals surface area contributed by atoms with E-state index in [1.807, 2.05) is 36.7 Å². The van der Waals surface area contributed by atoms with E-state index in [1.54, 1.807) is 0 Å². The fraction of sp³-hybridized carbons (Fsp3) is 0.0200. The van der Waals surface area contributed by atoms with Crippen LogP contribution in [0.2, 0.25) is 0 Å². The van der Waals surface area contributed by atoms with Gasteiger partial charge >= 0.3 is 0 Å². The number of pyridine rings is 2. The number of aromatic nitrogens is 7. The Morgan fingerprint density at radius 3 is 1.44 bits per heavy atom. The highest BCUT2D eigenvalue weighted by atomic mass is 15.3. The average molecular weight is 730 g/mol. The van der Waals surface area contributed by atoms with Crippen molar-refractivity contribution < 1.29 is 0 Å². The monoisotopic (exact) mass is 729 g/mol. The summed E-state index contributed by atoms with van der Waals surface area (Å²) in [5.41, 5.74) is 10.8. The van der Waals surface area contributed by atoms with Crippen LogP contribution in [0.25, 0.3) is 78.3 Å². The van der Waals surface area contributed by atoms with Gasteiger partial charge in [-0.2, -0.15) is 15.0 Å². The highest BCUT2D eigenvalue weighted by molar-refractivity contribution is 6.08. The number of benzene rings is 6. The summed E-state index contributed by atoms with van der Waals surface area (Å²) in [5.74, 6) is 1.50. The lowest BCUT2D eigenvalue weighted by Gasteiger charge is -2.35. The van der Waals surface area contributed by atoms with Gasteiger partial charge in [0.2, 0.25) is 11.9 Å². The highest BCUT2D eigenvalue weighted by Crippen LogP contribution is 2.58. The molecule has 0 aliphatic heterocycles. The molecular formula is C50H31N7. The van der Waals surface area contributed by atoms with Crippen molar-refractivity contribution in [3.05, 3.63) is 211 Å². The molecule has 0 saturated heterocycles. The van der Waals surface area contributed by atoms with Crippen LogP contribution in [0.3, 0.4) is 0 Å². The first kappa shape index (κ1) is 31.6. The third-order valence-corrected chi connectivity index (χ3v) is 11.6. The molecule has 0 unspecified atom stereocenters. The summed E-state index contributed by atoms with van der Waals surface area (Å²) in [7, 11) is 0. The summed E-state index contributed by atoms with van der Waals surface area (Å²) in [5, 5.41) is 4.20. The van der Waals surface area contributed by atoms with Gasteiger partial charge in [-0.15, -0.1) is 0 Å². The van der Waals surface area contributed by atoms with E-state index in [1.165, 1.54) is 22.3 Å². The Balaban J connectivity index is 1.24. The molecule has 5 aromatic heterocycles. The summed E-state index contributed by atoms with van der Waals surface area (Å²) in [6.45, 7) is 0. The Labute approximate surface area is 327 Å². The molecule has 266 valence electrons. The van der Waals surface area contributed by atoms with Crippen LogP contribution in [0.4, 0.5) is 0 Å². The lowest BCUT2D eigenvalue weighted by atomic mass is 9.66. The maximum atomic E-state index is 5.48. The van der Waals surface area contributed by atoms with Crippen molar-refractivity contribution in [2.24, 2.45) is 0 Å². The zero-order valence-electron chi connectivity index (χ0n) is 30.5. The first-order valence-electron chi connectivity index (χ1n) is 19.1. The average Bonchev–Trinajstić information content (AvgIpc) is 3.92. The van der Waals surface area contributed by atoms with E-state index in [9.17, 15) is 0 Å². The Hall–Kier alpha value is -7.77. The van der Waals surface area contributed by atoms with Gasteiger partial charge in [-0.1, -0.05) is 140 Å². The third kappa shape index (κ3) is 4.39. The molecular weight excluding hydrogens is 699 g/mol. The van der Waals surface area contributed by atoms with Crippen molar-refractivity contribution in [1.82, 2.24) is 34.1 Å². The lowest BCUT2D eigenvalue weighted by Crippen LogP contribution is -2.29. The molecule has 7 heteroatoms. The van der Waals surface area contributed by atoms with Gasteiger partial charge in [-0.05, 0) is 69.8 Å². The molecule has 57 heavy (non-hydrogen) atoms. The van der Waals surface area contributed by atoms with Crippen LogP contribution >= 0.6 is 0 Å². The Morgan fingerprint density at radius 1 is 0.368 bits per heavy atom. The molecule has 1 aliphatic carbocycles. The van der Waals surface area contributed by atoms with E-state index in [0.29, 0.717) is 17.7 Å². The van der Waals surface area contributed by atoms with Crippen molar-refractivity contribution in [1.29, 1.82) is 0 Å². The molecule has 12 rings (SSSR count). The van der Waals surface area contributed by atoms with Gasteiger partial charge in [0.15, 0.2) is 5.82 Å². The smallest absolute Gasteiger partial charge is 0.241 e. The number of rotatable bonds is 5. The van der Waals surface area contributed by atoms with Crippen LogP contribution in [-0.4, -0.2) is 34.1 Å². The summed E-state index contributed by atoms with van der Waals surface area (Å²) in [6, 6.07) is 61.9. The minimum Gasteiger partial charge on any atom is -0.262 e. The normalized spacial score (nSPS) is 13.1. The van der Waals surface area contributed by atoms with Gasteiger partial charge in [-0.3, -0.25) is 9.13 Å². The third-order valence-electron chi connectivity index (χ3n) is 11.6. The van der Waals surface area contributed by atoms with E-state index >= 15 is 0 Å². The van der Waals surface area contributed by atoms with Gasteiger partial charge in [0.25, 0.3) is 0 Å². The van der Waals surface area contributed by atoms with Crippen molar-refractivity contribution in [2.75, 3.05) is 0 Å². The molecule has 0 spiro atoms. The summed E-state index contributed by atoms with van der Waals surface area (Å²) >= 11 is 0. The quantitative estimate of drug-likeness (QED) is 0.176. The van der Waals surface area contributed by atoms with Gasteiger partial charge in [0.05, 0.1) is 16.4 Å². The summed E-state index contributed by atoms with van der Waals surface area (Å²) in [6.07, 6.45) is 3.65. The van der Waals surface area contributed by atoms with Gasteiger partial charge in [0.1, 0.15) is 11.3 Å². The highest BCUT2D eigenvalue weighted by Gasteiger charge is 2.48. The molecule has 0 saturated carbocycles. The van der Waals surface area contributed by atoms with Gasteiger partial charge < -0.3 is 0 Å².